The second-order valence-corrected chi connectivity index (χ2v) is 5.45. The second kappa shape index (κ2) is 8.15. The summed E-state index contributed by atoms with van der Waals surface area (Å²) in [5.74, 6) is 1.39. The van der Waals surface area contributed by atoms with Gasteiger partial charge in [-0.25, -0.2) is 0 Å². The maximum Gasteiger partial charge on any atom is 0.144 e. The Morgan fingerprint density at radius 2 is 1.92 bits per heavy atom. The molecule has 0 saturated heterocycles. The Hall–Kier alpha value is -2.82. The molecule has 0 aromatic heterocycles. The Bertz CT molecular complexity index is 687. The molecule has 0 fully saturated rings. The van der Waals surface area contributed by atoms with Gasteiger partial charge in [0.15, 0.2) is 0 Å². The lowest BCUT2D eigenvalue weighted by Gasteiger charge is -2.28. The maximum absolute atomic E-state index is 6.05. The molecular weight excluding hydrogens is 302 g/mol. The molecule has 0 aliphatic heterocycles. The van der Waals surface area contributed by atoms with Crippen molar-refractivity contribution in [3.05, 3.63) is 60.4 Å². The Morgan fingerprint density at radius 3 is 2.50 bits per heavy atom. The van der Waals surface area contributed by atoms with Gasteiger partial charge >= 0.3 is 0 Å². The number of nitrogens with one attached hydrogen (secondary N) is 1. The van der Waals surface area contributed by atoms with Gasteiger partial charge in [0.1, 0.15) is 11.5 Å². The Balaban J connectivity index is 2.43. The van der Waals surface area contributed by atoms with Gasteiger partial charge < -0.3 is 25.4 Å². The largest absolute Gasteiger partial charge is 0.500 e. The summed E-state index contributed by atoms with van der Waals surface area (Å²) < 4.78 is 10.8. The van der Waals surface area contributed by atoms with Crippen molar-refractivity contribution in [1.82, 2.24) is 0 Å². The van der Waals surface area contributed by atoms with Crippen LogP contribution in [0.3, 0.4) is 0 Å². The summed E-state index contributed by atoms with van der Waals surface area (Å²) >= 11 is 0. The fourth-order valence-corrected chi connectivity index (χ4v) is 2.52. The summed E-state index contributed by atoms with van der Waals surface area (Å²) in [6, 6.07) is 14.0. The van der Waals surface area contributed by atoms with Gasteiger partial charge in [-0.3, -0.25) is 0 Å². The van der Waals surface area contributed by atoms with Crippen LogP contribution in [0, 0.1) is 0 Å². The van der Waals surface area contributed by atoms with E-state index < -0.39 is 0 Å². The van der Waals surface area contributed by atoms with Crippen LogP contribution < -0.4 is 20.7 Å². The van der Waals surface area contributed by atoms with E-state index in [0.29, 0.717) is 30.3 Å². The molecule has 0 bridgehead atoms. The molecule has 0 unspecified atom stereocenters. The monoisotopic (exact) mass is 327 g/mol. The van der Waals surface area contributed by atoms with E-state index in [4.69, 9.17) is 15.2 Å². The molecular formula is C19H25N3O2. The number of hydrogen-bond acceptors (Lipinski definition) is 5. The number of anilines is 3. The van der Waals surface area contributed by atoms with Crippen LogP contribution in [0.2, 0.25) is 0 Å². The topological polar surface area (TPSA) is 59.8 Å². The van der Waals surface area contributed by atoms with Crippen LogP contribution in [0.5, 0.6) is 5.75 Å². The van der Waals surface area contributed by atoms with Gasteiger partial charge in [0.2, 0.25) is 0 Å². The smallest absolute Gasteiger partial charge is 0.144 e. The highest BCUT2D eigenvalue weighted by atomic mass is 16.5. The summed E-state index contributed by atoms with van der Waals surface area (Å²) in [5, 5.41) is 3.11. The lowest BCUT2D eigenvalue weighted by Crippen LogP contribution is -2.26. The van der Waals surface area contributed by atoms with E-state index in [1.807, 2.05) is 37.4 Å². The van der Waals surface area contributed by atoms with Crippen LogP contribution >= 0.6 is 0 Å². The summed E-state index contributed by atoms with van der Waals surface area (Å²) in [4.78, 5) is 2.15. The van der Waals surface area contributed by atoms with Crippen LogP contribution in [0.25, 0.3) is 0 Å². The van der Waals surface area contributed by atoms with Gasteiger partial charge in [-0.05, 0) is 11.6 Å². The molecule has 0 saturated carbocycles. The average Bonchev–Trinajstić information content (AvgIpc) is 2.61. The number of ether oxygens (including phenoxy) is 2. The summed E-state index contributed by atoms with van der Waals surface area (Å²) in [5.41, 5.74) is 9.66. The molecule has 3 N–H and O–H groups in total. The zero-order valence-corrected chi connectivity index (χ0v) is 14.5. The molecule has 2 rings (SSSR count). The Kier molecular flexibility index (Phi) is 5.95. The van der Waals surface area contributed by atoms with Crippen LogP contribution in [0.15, 0.2) is 54.8 Å². The SMILES string of the molecule is C=C(CN(Cc1ccccc1)c1cc(NC)c(N)cc1OC)OC. The van der Waals surface area contributed by atoms with Gasteiger partial charge in [0.25, 0.3) is 0 Å². The number of benzene rings is 2. The fourth-order valence-electron chi connectivity index (χ4n) is 2.52. The summed E-state index contributed by atoms with van der Waals surface area (Å²) in [6.45, 7) is 5.20. The predicted molar refractivity (Wildman–Crippen MR) is 101 cm³/mol. The van der Waals surface area contributed by atoms with Gasteiger partial charge in [0.05, 0.1) is 37.8 Å². The van der Waals surface area contributed by atoms with Crippen molar-refractivity contribution in [2.24, 2.45) is 0 Å². The number of methoxy groups -OCH3 is 2. The minimum absolute atomic E-state index is 0.550. The second-order valence-electron chi connectivity index (χ2n) is 5.45. The van der Waals surface area contributed by atoms with E-state index in [0.717, 1.165) is 11.4 Å². The zero-order valence-electron chi connectivity index (χ0n) is 14.5. The van der Waals surface area contributed by atoms with E-state index in [2.05, 4.69) is 28.9 Å². The lowest BCUT2D eigenvalue weighted by molar-refractivity contribution is 0.286. The fraction of sp³-hybridized carbons (Fsp3) is 0.263. The van der Waals surface area contributed by atoms with Gasteiger partial charge in [-0.15, -0.1) is 0 Å². The Labute approximate surface area is 143 Å². The van der Waals surface area contributed by atoms with Crippen molar-refractivity contribution in [3.8, 4) is 5.75 Å². The molecule has 0 heterocycles. The average molecular weight is 327 g/mol. The first kappa shape index (κ1) is 17.5. The number of hydrogen-bond donors (Lipinski definition) is 2. The standard InChI is InChI=1S/C19H25N3O2/c1-14(23-3)12-22(13-15-8-6-5-7-9-15)18-11-17(21-2)16(20)10-19(18)24-4/h5-11,21H,1,12-13,20H2,2-4H3. The van der Waals surface area contributed by atoms with Gasteiger partial charge in [-0.2, -0.15) is 0 Å². The molecule has 5 heteroatoms. The quantitative estimate of drug-likeness (QED) is 0.574. The van der Waals surface area contributed by atoms with E-state index >= 15 is 0 Å². The summed E-state index contributed by atoms with van der Waals surface area (Å²) in [7, 11) is 5.11. The molecule has 0 aliphatic rings. The van der Waals surface area contributed by atoms with E-state index in [1.54, 1.807) is 14.2 Å². The van der Waals surface area contributed by atoms with Crippen molar-refractivity contribution in [2.75, 3.05) is 43.8 Å². The molecule has 5 nitrogen and oxygen atoms in total. The number of nitrogens with zero attached hydrogens (tertiary/aromatic N) is 1. The maximum atomic E-state index is 6.05. The molecule has 2 aromatic carbocycles. The first-order valence-electron chi connectivity index (χ1n) is 7.75. The van der Waals surface area contributed by atoms with Gasteiger partial charge in [0, 0.05) is 19.7 Å². The van der Waals surface area contributed by atoms with E-state index in [-0.39, 0.29) is 0 Å². The molecule has 0 radical (unpaired) electrons. The van der Waals surface area contributed by atoms with Crippen LogP contribution in [0.4, 0.5) is 17.1 Å². The van der Waals surface area contributed by atoms with Crippen molar-refractivity contribution < 1.29 is 9.47 Å². The molecule has 0 amide bonds. The zero-order chi connectivity index (χ0) is 17.5. The van der Waals surface area contributed by atoms with Crippen molar-refractivity contribution in [2.45, 2.75) is 6.54 Å². The van der Waals surface area contributed by atoms with Gasteiger partial charge in [-0.1, -0.05) is 36.9 Å². The molecule has 0 atom stereocenters. The number of nitrogen functional groups attached to an aromatic ring is 1. The van der Waals surface area contributed by atoms with E-state index in [1.165, 1.54) is 5.56 Å². The molecule has 128 valence electrons. The van der Waals surface area contributed by atoms with Crippen molar-refractivity contribution >= 4 is 17.1 Å². The highest BCUT2D eigenvalue weighted by molar-refractivity contribution is 5.77. The molecule has 0 aliphatic carbocycles. The van der Waals surface area contributed by atoms with Crippen molar-refractivity contribution in [3.63, 3.8) is 0 Å². The number of nitrogens with two attached hydrogens (primary N) is 1. The normalized spacial score (nSPS) is 10.1. The van der Waals surface area contributed by atoms with Crippen LogP contribution in [-0.4, -0.2) is 27.8 Å². The third kappa shape index (κ3) is 4.13. The van der Waals surface area contributed by atoms with Crippen LogP contribution in [-0.2, 0) is 11.3 Å². The van der Waals surface area contributed by atoms with Crippen molar-refractivity contribution in [1.29, 1.82) is 0 Å². The minimum atomic E-state index is 0.550. The van der Waals surface area contributed by atoms with E-state index in [9.17, 15) is 0 Å². The molecule has 24 heavy (non-hydrogen) atoms. The molecule has 0 spiro atoms. The molecule has 2 aromatic rings. The highest BCUT2D eigenvalue weighted by Crippen LogP contribution is 2.36. The third-order valence-electron chi connectivity index (χ3n) is 3.83. The number of rotatable bonds is 8. The Morgan fingerprint density at radius 1 is 1.21 bits per heavy atom. The van der Waals surface area contributed by atoms with Crippen LogP contribution in [0.1, 0.15) is 5.56 Å². The summed E-state index contributed by atoms with van der Waals surface area (Å²) in [6.07, 6.45) is 0. The third-order valence-corrected chi connectivity index (χ3v) is 3.83. The first-order valence-corrected chi connectivity index (χ1v) is 7.75. The predicted octanol–water partition coefficient (Wildman–Crippen LogP) is 3.49. The lowest BCUT2D eigenvalue weighted by atomic mass is 10.1. The first-order chi connectivity index (χ1) is 11.6. The highest BCUT2D eigenvalue weighted by Gasteiger charge is 2.16. The minimum Gasteiger partial charge on any atom is -0.500 e.